The SMILES string of the molecule is CC(C)c1cc(C(C)C)c(S(=O)(=O)Nc2ccccc2/C=N/Cc2ccccc2)c(C(C)C)c1. The summed E-state index contributed by atoms with van der Waals surface area (Å²) in [5, 5.41) is 0. The molecule has 1 N–H and O–H groups in total. The summed E-state index contributed by atoms with van der Waals surface area (Å²) in [5.41, 5.74) is 5.25. The molecule has 0 unspecified atom stereocenters. The minimum Gasteiger partial charge on any atom is -0.288 e. The van der Waals surface area contributed by atoms with Gasteiger partial charge in [-0.15, -0.1) is 0 Å². The van der Waals surface area contributed by atoms with E-state index in [-0.39, 0.29) is 11.8 Å². The topological polar surface area (TPSA) is 58.5 Å². The summed E-state index contributed by atoms with van der Waals surface area (Å²) in [5.74, 6) is 0.470. The molecule has 0 radical (unpaired) electrons. The highest BCUT2D eigenvalue weighted by molar-refractivity contribution is 7.92. The predicted molar refractivity (Wildman–Crippen MR) is 144 cm³/mol. The van der Waals surface area contributed by atoms with Gasteiger partial charge in [-0.05, 0) is 46.1 Å². The van der Waals surface area contributed by atoms with Crippen LogP contribution in [0.5, 0.6) is 0 Å². The van der Waals surface area contributed by atoms with E-state index in [0.29, 0.717) is 23.0 Å². The Morgan fingerprint density at radius 1 is 0.794 bits per heavy atom. The molecule has 0 atom stereocenters. The molecule has 0 saturated carbocycles. The van der Waals surface area contributed by atoms with Gasteiger partial charge >= 0.3 is 0 Å². The van der Waals surface area contributed by atoms with Crippen molar-refractivity contribution in [2.75, 3.05) is 4.72 Å². The van der Waals surface area contributed by atoms with E-state index >= 15 is 0 Å². The largest absolute Gasteiger partial charge is 0.288 e. The van der Waals surface area contributed by atoms with E-state index in [1.807, 2.05) is 76.2 Å². The smallest absolute Gasteiger partial charge is 0.262 e. The third kappa shape index (κ3) is 6.15. The van der Waals surface area contributed by atoms with E-state index in [0.717, 1.165) is 22.3 Å². The Morgan fingerprint density at radius 2 is 1.35 bits per heavy atom. The molecular weight excluding hydrogens is 440 g/mol. The number of hydrogen-bond acceptors (Lipinski definition) is 3. The average Bonchev–Trinajstić information content (AvgIpc) is 2.79. The minimum atomic E-state index is -3.82. The second-order valence-corrected chi connectivity index (χ2v) is 11.3. The Hall–Kier alpha value is -2.92. The monoisotopic (exact) mass is 476 g/mol. The van der Waals surface area contributed by atoms with Crippen molar-refractivity contribution in [1.82, 2.24) is 0 Å². The molecule has 4 nitrogen and oxygen atoms in total. The molecule has 3 aromatic rings. The molecule has 34 heavy (non-hydrogen) atoms. The Bertz CT molecular complexity index is 1220. The zero-order chi connectivity index (χ0) is 24.9. The molecule has 3 aromatic carbocycles. The summed E-state index contributed by atoms with van der Waals surface area (Å²) >= 11 is 0. The van der Waals surface area contributed by atoms with Gasteiger partial charge in [0, 0.05) is 11.8 Å². The van der Waals surface area contributed by atoms with Gasteiger partial charge in [0.25, 0.3) is 10.0 Å². The van der Waals surface area contributed by atoms with Crippen molar-refractivity contribution in [3.05, 3.63) is 94.5 Å². The Kier molecular flexibility index (Phi) is 8.32. The van der Waals surface area contributed by atoms with Crippen LogP contribution in [0.1, 0.15) is 87.1 Å². The molecule has 0 saturated heterocycles. The van der Waals surface area contributed by atoms with Crippen LogP contribution in [-0.4, -0.2) is 14.6 Å². The van der Waals surface area contributed by atoms with Gasteiger partial charge in [-0.2, -0.15) is 0 Å². The van der Waals surface area contributed by atoms with E-state index < -0.39 is 10.0 Å². The lowest BCUT2D eigenvalue weighted by Crippen LogP contribution is -2.20. The first kappa shape index (κ1) is 25.7. The molecule has 0 heterocycles. The van der Waals surface area contributed by atoms with Gasteiger partial charge in [0.2, 0.25) is 0 Å². The third-order valence-electron chi connectivity index (χ3n) is 5.90. The van der Waals surface area contributed by atoms with Crippen molar-refractivity contribution >= 4 is 21.9 Å². The first-order valence-electron chi connectivity index (χ1n) is 11.9. The van der Waals surface area contributed by atoms with Crippen LogP contribution >= 0.6 is 0 Å². The molecule has 0 aliphatic heterocycles. The Labute approximate surface area is 205 Å². The highest BCUT2D eigenvalue weighted by Gasteiger charge is 2.27. The van der Waals surface area contributed by atoms with Crippen LogP contribution < -0.4 is 4.72 Å². The molecule has 0 aromatic heterocycles. The van der Waals surface area contributed by atoms with Crippen LogP contribution in [0.15, 0.2) is 76.6 Å². The molecule has 5 heteroatoms. The number of benzene rings is 3. The zero-order valence-electron chi connectivity index (χ0n) is 21.0. The summed E-state index contributed by atoms with van der Waals surface area (Å²) in [6.45, 7) is 13.0. The van der Waals surface area contributed by atoms with E-state index in [4.69, 9.17) is 0 Å². The summed E-state index contributed by atoms with van der Waals surface area (Å²) in [6.07, 6.45) is 1.74. The van der Waals surface area contributed by atoms with Gasteiger partial charge in [-0.25, -0.2) is 8.42 Å². The number of nitrogens with zero attached hydrogens (tertiary/aromatic N) is 1. The molecule has 180 valence electrons. The van der Waals surface area contributed by atoms with Crippen LogP contribution in [-0.2, 0) is 16.6 Å². The number of hydrogen-bond donors (Lipinski definition) is 1. The number of sulfonamides is 1. The summed E-state index contributed by atoms with van der Waals surface area (Å²) < 4.78 is 30.5. The fourth-order valence-corrected chi connectivity index (χ4v) is 5.72. The van der Waals surface area contributed by atoms with Crippen LogP contribution in [0.25, 0.3) is 0 Å². The number of anilines is 1. The van der Waals surface area contributed by atoms with E-state index in [9.17, 15) is 8.42 Å². The summed E-state index contributed by atoms with van der Waals surface area (Å²) in [7, 11) is -3.82. The molecule has 0 spiro atoms. The lowest BCUT2D eigenvalue weighted by atomic mass is 9.89. The first-order chi connectivity index (χ1) is 16.1. The standard InChI is InChI=1S/C29H36N2O2S/c1-20(2)25-16-26(21(3)4)29(27(17-25)22(5)6)34(32,33)31-28-15-11-10-14-24(28)19-30-18-23-12-8-7-9-13-23/h7-17,19-22,31H,18H2,1-6H3/b30-19+. The van der Waals surface area contributed by atoms with Crippen molar-refractivity contribution in [1.29, 1.82) is 0 Å². The zero-order valence-corrected chi connectivity index (χ0v) is 21.9. The fraction of sp³-hybridized carbons (Fsp3) is 0.345. The van der Waals surface area contributed by atoms with Gasteiger partial charge < -0.3 is 0 Å². The number of aliphatic imine (C=N–C) groups is 1. The van der Waals surface area contributed by atoms with E-state index in [2.05, 4.69) is 35.7 Å². The minimum absolute atomic E-state index is 0.0745. The van der Waals surface area contributed by atoms with Crippen LogP contribution in [0.2, 0.25) is 0 Å². The maximum Gasteiger partial charge on any atom is 0.262 e. The molecule has 0 amide bonds. The first-order valence-corrected chi connectivity index (χ1v) is 13.4. The summed E-state index contributed by atoms with van der Waals surface area (Å²) in [4.78, 5) is 4.94. The molecule has 3 rings (SSSR count). The van der Waals surface area contributed by atoms with Crippen molar-refractivity contribution in [2.45, 2.75) is 70.7 Å². The molecule has 0 aliphatic carbocycles. The normalized spacial score (nSPS) is 12.3. The van der Waals surface area contributed by atoms with Crippen LogP contribution in [0.3, 0.4) is 0 Å². The maximum atomic E-state index is 13.8. The van der Waals surface area contributed by atoms with Gasteiger partial charge in [0.15, 0.2) is 0 Å². The predicted octanol–water partition coefficient (Wildman–Crippen LogP) is 7.48. The van der Waals surface area contributed by atoms with Gasteiger partial charge in [-0.3, -0.25) is 9.71 Å². The van der Waals surface area contributed by atoms with Gasteiger partial charge in [0.1, 0.15) is 0 Å². The second kappa shape index (κ2) is 11.0. The van der Waals surface area contributed by atoms with Crippen molar-refractivity contribution in [3.63, 3.8) is 0 Å². The third-order valence-corrected chi connectivity index (χ3v) is 7.40. The van der Waals surface area contributed by atoms with Crippen molar-refractivity contribution in [3.8, 4) is 0 Å². The van der Waals surface area contributed by atoms with Crippen LogP contribution in [0.4, 0.5) is 5.69 Å². The molecule has 0 bridgehead atoms. The Balaban J connectivity index is 2.01. The fourth-order valence-electron chi connectivity index (χ4n) is 3.93. The van der Waals surface area contributed by atoms with E-state index in [1.165, 1.54) is 5.56 Å². The maximum absolute atomic E-state index is 13.8. The highest BCUT2D eigenvalue weighted by atomic mass is 32.2. The quantitative estimate of drug-likeness (QED) is 0.326. The lowest BCUT2D eigenvalue weighted by molar-refractivity contribution is 0.595. The number of nitrogens with one attached hydrogen (secondary N) is 1. The average molecular weight is 477 g/mol. The van der Waals surface area contributed by atoms with Crippen molar-refractivity contribution in [2.24, 2.45) is 4.99 Å². The van der Waals surface area contributed by atoms with E-state index in [1.54, 1.807) is 12.3 Å². The molecule has 0 aliphatic rings. The number of rotatable bonds is 9. The molecular formula is C29H36N2O2S. The highest BCUT2D eigenvalue weighted by Crippen LogP contribution is 2.36. The second-order valence-electron chi connectivity index (χ2n) is 9.64. The summed E-state index contributed by atoms with van der Waals surface area (Å²) in [6, 6.07) is 21.5. The molecule has 0 fully saturated rings. The van der Waals surface area contributed by atoms with Gasteiger partial charge in [-0.1, -0.05) is 102 Å². The Morgan fingerprint density at radius 3 is 1.91 bits per heavy atom. The lowest BCUT2D eigenvalue weighted by Gasteiger charge is -2.23. The number of para-hydroxylation sites is 1. The van der Waals surface area contributed by atoms with Crippen molar-refractivity contribution < 1.29 is 8.42 Å². The van der Waals surface area contributed by atoms with Crippen LogP contribution in [0, 0.1) is 0 Å². The van der Waals surface area contributed by atoms with Gasteiger partial charge in [0.05, 0.1) is 17.1 Å².